The second-order valence-electron chi connectivity index (χ2n) is 22.1. The minimum Gasteiger partial charge on any atom is -0.508 e. The van der Waals surface area contributed by atoms with Gasteiger partial charge in [0.05, 0.1) is 13.1 Å². The molecule has 4 aromatic rings. The fourth-order valence-corrected chi connectivity index (χ4v) is 8.38. The zero-order valence-electron chi connectivity index (χ0n) is 48.8. The van der Waals surface area contributed by atoms with Crippen LogP contribution in [-0.2, 0) is 73.5 Å². The van der Waals surface area contributed by atoms with E-state index in [-0.39, 0.29) is 63.1 Å². The summed E-state index contributed by atoms with van der Waals surface area (Å²) in [6.45, 7) is 10.9. The molecule has 0 bridgehead atoms. The molecule has 6 atom stereocenters. The van der Waals surface area contributed by atoms with E-state index in [1.807, 2.05) is 0 Å². The third kappa shape index (κ3) is 23.7. The first-order valence-corrected chi connectivity index (χ1v) is 27.4. The monoisotopic (exact) mass is 1160 g/mol. The summed E-state index contributed by atoms with van der Waals surface area (Å²) in [5.41, 5.74) is 11.4. The van der Waals surface area contributed by atoms with Crippen LogP contribution in [0.1, 0.15) is 90.5 Å². The summed E-state index contributed by atoms with van der Waals surface area (Å²) in [6, 6.07) is 21.9. The minimum absolute atomic E-state index is 0.0516. The summed E-state index contributed by atoms with van der Waals surface area (Å²) < 4.78 is 11.6. The van der Waals surface area contributed by atoms with Gasteiger partial charge in [0.25, 0.3) is 0 Å². The summed E-state index contributed by atoms with van der Waals surface area (Å²) >= 11 is 0. The lowest BCUT2D eigenvalue weighted by Gasteiger charge is -2.35. The van der Waals surface area contributed by atoms with Gasteiger partial charge < -0.3 is 63.1 Å². The molecule has 0 radical (unpaired) electrons. The number of ether oxygens (including phenoxy) is 2. The summed E-state index contributed by atoms with van der Waals surface area (Å²) in [6.07, 6.45) is -1.85. The van der Waals surface area contributed by atoms with E-state index < -0.39 is 120 Å². The standard InChI is InChI=1S/C60H80N10O14/c1-37(53(77)63-35-49(73)67-45(51(61)75)31-39-17-11-9-12-18-39)65-55(79)47(33-41-21-25-43(71)26-22-41)69(57(81)83-59(3,4)5)29-15-16-30-70(58(82)84-60(6,7)8)48(34-42-23-27-44(72)28-24-42)56(80)66-38(2)54(78)64-36-50(74)68-46(52(62)76)32-40-19-13-10-14-20-40/h9-14,17-28,37-38,45-48,71-72H,15-16,29-36H2,1-8H3,(H2,61,75)(H2,62,76)(H,63,77)(H,64,78)(H,65,79)(H,66,80)(H,67,73)(H,68,74)/t37-,38-,45+,46+,47+,48+/m1/s1. The lowest BCUT2D eigenvalue weighted by molar-refractivity contribution is -0.132. The molecular weight excluding hydrogens is 1080 g/mol. The van der Waals surface area contributed by atoms with Gasteiger partial charge >= 0.3 is 12.2 Å². The van der Waals surface area contributed by atoms with Gasteiger partial charge in [0.1, 0.15) is 59.0 Å². The number of phenolic OH excluding ortho intramolecular Hbond substituents is 2. The second kappa shape index (κ2) is 31.8. The average molecular weight is 1170 g/mol. The number of hydrogen-bond donors (Lipinski definition) is 10. The largest absolute Gasteiger partial charge is 0.508 e. The molecule has 24 nitrogen and oxygen atoms in total. The van der Waals surface area contributed by atoms with Gasteiger partial charge in [0, 0.05) is 38.8 Å². The van der Waals surface area contributed by atoms with Crippen LogP contribution in [0, 0.1) is 0 Å². The molecule has 84 heavy (non-hydrogen) atoms. The van der Waals surface area contributed by atoms with Crippen molar-refractivity contribution in [3.8, 4) is 11.5 Å². The highest BCUT2D eigenvalue weighted by Crippen LogP contribution is 2.22. The summed E-state index contributed by atoms with van der Waals surface area (Å²) in [4.78, 5) is 137. The van der Waals surface area contributed by atoms with Crippen LogP contribution in [0.25, 0.3) is 0 Å². The van der Waals surface area contributed by atoms with Crippen LogP contribution in [-0.4, -0.2) is 153 Å². The predicted molar refractivity (Wildman–Crippen MR) is 310 cm³/mol. The number of nitrogens with one attached hydrogen (secondary N) is 6. The van der Waals surface area contributed by atoms with Gasteiger partial charge in [-0.15, -0.1) is 0 Å². The number of carbonyl (C=O) groups is 10. The molecular formula is C60H80N10O14. The maximum absolute atomic E-state index is 14.5. The van der Waals surface area contributed by atoms with Crippen LogP contribution < -0.4 is 43.4 Å². The van der Waals surface area contributed by atoms with E-state index >= 15 is 0 Å². The van der Waals surface area contributed by atoms with Crippen molar-refractivity contribution < 1.29 is 67.6 Å². The fourth-order valence-electron chi connectivity index (χ4n) is 8.38. The maximum atomic E-state index is 14.5. The van der Waals surface area contributed by atoms with Crippen molar-refractivity contribution in [1.29, 1.82) is 0 Å². The Bertz CT molecular complexity index is 2680. The molecule has 0 saturated heterocycles. The first-order valence-electron chi connectivity index (χ1n) is 27.4. The predicted octanol–water partition coefficient (Wildman–Crippen LogP) is 2.54. The number of primary amides is 2. The van der Waals surface area contributed by atoms with Crippen molar-refractivity contribution in [2.24, 2.45) is 11.5 Å². The summed E-state index contributed by atoms with van der Waals surface area (Å²) in [7, 11) is 0. The number of benzene rings is 4. The summed E-state index contributed by atoms with van der Waals surface area (Å²) in [5.74, 6) is -6.37. The number of unbranched alkanes of at least 4 members (excludes halogenated alkanes) is 1. The minimum atomic E-state index is -1.38. The Morgan fingerprint density at radius 2 is 0.762 bits per heavy atom. The number of hydrogen-bond acceptors (Lipinski definition) is 14. The molecule has 454 valence electrons. The maximum Gasteiger partial charge on any atom is 0.410 e. The van der Waals surface area contributed by atoms with Crippen LogP contribution in [0.5, 0.6) is 11.5 Å². The number of carbonyl (C=O) groups excluding carboxylic acids is 10. The van der Waals surface area contributed by atoms with Crippen LogP contribution in [0.15, 0.2) is 109 Å². The fraction of sp³-hybridized carbons (Fsp3) is 0.433. The van der Waals surface area contributed by atoms with E-state index in [9.17, 15) is 58.2 Å². The molecule has 0 aliphatic rings. The van der Waals surface area contributed by atoms with Crippen molar-refractivity contribution in [3.05, 3.63) is 131 Å². The van der Waals surface area contributed by atoms with Crippen LogP contribution in [0.2, 0.25) is 0 Å². The zero-order chi connectivity index (χ0) is 62.3. The molecule has 0 aromatic heterocycles. The normalized spacial score (nSPS) is 13.4. The van der Waals surface area contributed by atoms with E-state index in [0.29, 0.717) is 11.1 Å². The number of aromatic hydroxyl groups is 2. The molecule has 0 fully saturated rings. The Hall–Kier alpha value is -9.22. The second-order valence-corrected chi connectivity index (χ2v) is 22.1. The molecule has 0 unspecified atom stereocenters. The molecule has 0 aliphatic carbocycles. The Labute approximate surface area is 489 Å². The van der Waals surface area contributed by atoms with E-state index in [2.05, 4.69) is 31.9 Å². The van der Waals surface area contributed by atoms with Crippen molar-refractivity contribution in [1.82, 2.24) is 41.7 Å². The Kier molecular flexibility index (Phi) is 25.5. The molecule has 0 spiro atoms. The Morgan fingerprint density at radius 3 is 1.06 bits per heavy atom. The number of phenols is 2. The van der Waals surface area contributed by atoms with Gasteiger partial charge in [-0.1, -0.05) is 84.9 Å². The molecule has 0 aliphatic heterocycles. The number of nitrogens with two attached hydrogens (primary N) is 2. The number of amides is 10. The summed E-state index contributed by atoms with van der Waals surface area (Å²) in [5, 5.41) is 35.4. The molecule has 0 saturated carbocycles. The van der Waals surface area contributed by atoms with E-state index in [1.165, 1.54) is 47.9 Å². The van der Waals surface area contributed by atoms with Crippen molar-refractivity contribution >= 4 is 59.4 Å². The average Bonchev–Trinajstić information content (AvgIpc) is 3.31. The first kappa shape index (κ1) is 67.3. The quantitative estimate of drug-likeness (QED) is 0.0350. The molecule has 10 amide bonds. The van der Waals surface area contributed by atoms with E-state index in [4.69, 9.17) is 20.9 Å². The molecule has 24 heteroatoms. The van der Waals surface area contributed by atoms with Crippen molar-refractivity contribution in [2.75, 3.05) is 26.2 Å². The van der Waals surface area contributed by atoms with Gasteiger partial charge in [-0.2, -0.15) is 0 Å². The molecule has 0 heterocycles. The van der Waals surface area contributed by atoms with E-state index in [1.54, 1.807) is 126 Å². The number of nitrogens with zero attached hydrogens (tertiary/aromatic N) is 2. The Balaban J connectivity index is 1.57. The topological polar surface area (TPSA) is 360 Å². The van der Waals surface area contributed by atoms with Crippen LogP contribution in [0.4, 0.5) is 9.59 Å². The lowest BCUT2D eigenvalue weighted by atomic mass is 10.0. The smallest absolute Gasteiger partial charge is 0.410 e. The molecule has 12 N–H and O–H groups in total. The third-order valence-corrected chi connectivity index (χ3v) is 12.7. The number of rotatable bonds is 29. The van der Waals surface area contributed by atoms with Gasteiger partial charge in [-0.25, -0.2) is 9.59 Å². The highest BCUT2D eigenvalue weighted by Gasteiger charge is 2.37. The highest BCUT2D eigenvalue weighted by molar-refractivity contribution is 5.95. The molecule has 4 aromatic carbocycles. The third-order valence-electron chi connectivity index (χ3n) is 12.7. The SMILES string of the molecule is C[C@@H](NC(=O)[C@H](Cc1ccc(O)cc1)N(CCCCN(C(=O)OC(C)(C)C)[C@@H](Cc1ccc(O)cc1)C(=O)N[C@H](C)C(=O)NCC(=O)N[C@@H](Cc1ccccc1)C(N)=O)C(=O)OC(C)(C)C)C(=O)NCC(=O)N[C@@H](Cc1ccccc1)C(N)=O. The Morgan fingerprint density at radius 1 is 0.452 bits per heavy atom. The highest BCUT2D eigenvalue weighted by atomic mass is 16.6. The lowest BCUT2D eigenvalue weighted by Crippen LogP contribution is -2.57. The van der Waals surface area contributed by atoms with Crippen molar-refractivity contribution in [2.45, 2.75) is 141 Å². The zero-order valence-corrected chi connectivity index (χ0v) is 48.8. The van der Waals surface area contributed by atoms with Crippen molar-refractivity contribution in [3.63, 3.8) is 0 Å². The molecule has 4 rings (SSSR count). The van der Waals surface area contributed by atoms with Gasteiger partial charge in [0.2, 0.25) is 47.3 Å². The van der Waals surface area contributed by atoms with Gasteiger partial charge in [-0.05, 0) is 115 Å². The van der Waals surface area contributed by atoms with Gasteiger partial charge in [-0.3, -0.25) is 48.2 Å². The van der Waals surface area contributed by atoms with Crippen LogP contribution >= 0.6 is 0 Å². The van der Waals surface area contributed by atoms with Crippen LogP contribution in [0.3, 0.4) is 0 Å². The van der Waals surface area contributed by atoms with Gasteiger partial charge in [0.15, 0.2) is 0 Å². The van der Waals surface area contributed by atoms with E-state index in [0.717, 1.165) is 11.1 Å². The first-order chi connectivity index (χ1) is 39.5.